The van der Waals surface area contributed by atoms with Gasteiger partial charge in [-0.3, -0.25) is 29.4 Å². The van der Waals surface area contributed by atoms with E-state index >= 15 is 0 Å². The number of carbonyl (C=O) groups excluding carboxylic acids is 3. The summed E-state index contributed by atoms with van der Waals surface area (Å²) >= 11 is 0. The van der Waals surface area contributed by atoms with Gasteiger partial charge in [0.2, 0.25) is 5.91 Å². The number of anilines is 1. The predicted octanol–water partition coefficient (Wildman–Crippen LogP) is 1.81. The maximum absolute atomic E-state index is 13.0. The second kappa shape index (κ2) is 8.05. The fourth-order valence-corrected chi connectivity index (χ4v) is 3.85. The number of piperidine rings is 1. The van der Waals surface area contributed by atoms with Crippen LogP contribution in [-0.4, -0.2) is 53.3 Å². The van der Waals surface area contributed by atoms with Crippen molar-refractivity contribution in [3.8, 4) is 0 Å². The van der Waals surface area contributed by atoms with Gasteiger partial charge >= 0.3 is 5.97 Å². The van der Waals surface area contributed by atoms with E-state index in [-0.39, 0.29) is 29.7 Å². The fourth-order valence-electron chi connectivity index (χ4n) is 3.85. The van der Waals surface area contributed by atoms with Crippen LogP contribution in [0, 0.1) is 23.0 Å². The van der Waals surface area contributed by atoms with Crippen LogP contribution in [0.3, 0.4) is 0 Å². The number of nitro groups is 1. The molecule has 2 saturated heterocycles. The third kappa shape index (κ3) is 3.75. The first-order valence-electron chi connectivity index (χ1n) is 9.36. The molecule has 0 N–H and O–H groups in total. The van der Waals surface area contributed by atoms with Crippen LogP contribution in [-0.2, 0) is 19.1 Å². The van der Waals surface area contributed by atoms with Crippen molar-refractivity contribution in [2.45, 2.75) is 39.2 Å². The van der Waals surface area contributed by atoms with E-state index in [1.165, 1.54) is 18.2 Å². The third-order valence-corrected chi connectivity index (χ3v) is 5.28. The predicted molar refractivity (Wildman–Crippen MR) is 99.7 cm³/mol. The van der Waals surface area contributed by atoms with Crippen molar-refractivity contribution in [3.63, 3.8) is 0 Å². The van der Waals surface area contributed by atoms with Crippen molar-refractivity contribution in [3.05, 3.63) is 33.9 Å². The van der Waals surface area contributed by atoms with Gasteiger partial charge in [-0.2, -0.15) is 0 Å². The molecule has 0 saturated carbocycles. The lowest BCUT2D eigenvalue weighted by Gasteiger charge is -2.34. The first-order chi connectivity index (χ1) is 13.3. The highest BCUT2D eigenvalue weighted by Crippen LogP contribution is 2.31. The Balaban J connectivity index is 1.79. The van der Waals surface area contributed by atoms with E-state index in [2.05, 4.69) is 0 Å². The minimum Gasteiger partial charge on any atom is -0.466 e. The quantitative estimate of drug-likeness (QED) is 0.327. The summed E-state index contributed by atoms with van der Waals surface area (Å²) in [5.41, 5.74) is 0.522. The number of benzene rings is 1. The summed E-state index contributed by atoms with van der Waals surface area (Å²) < 4.78 is 5.09. The Labute approximate surface area is 162 Å². The number of rotatable bonds is 5. The molecule has 2 fully saturated rings. The average molecular weight is 389 g/mol. The molecule has 0 unspecified atom stereocenters. The van der Waals surface area contributed by atoms with Crippen LogP contribution in [0.2, 0.25) is 0 Å². The van der Waals surface area contributed by atoms with Gasteiger partial charge in [0.05, 0.1) is 35.6 Å². The van der Waals surface area contributed by atoms with Gasteiger partial charge in [-0.05, 0) is 39.3 Å². The zero-order valence-electron chi connectivity index (χ0n) is 15.9. The first kappa shape index (κ1) is 19.9. The number of hydrogen-bond donors (Lipinski definition) is 0. The number of amides is 2. The Kier molecular flexibility index (Phi) is 5.73. The smallest absolute Gasteiger partial charge is 0.310 e. The number of ether oxygens (including phenoxy) is 1. The summed E-state index contributed by atoms with van der Waals surface area (Å²) in [6, 6.07) is 3.66. The van der Waals surface area contributed by atoms with Gasteiger partial charge < -0.3 is 4.74 Å². The molecule has 1 aromatic rings. The van der Waals surface area contributed by atoms with Crippen molar-refractivity contribution in [1.82, 2.24) is 4.90 Å². The van der Waals surface area contributed by atoms with Crippen LogP contribution < -0.4 is 4.90 Å². The summed E-state index contributed by atoms with van der Waals surface area (Å²) in [4.78, 5) is 51.1. The largest absolute Gasteiger partial charge is 0.466 e. The summed E-state index contributed by atoms with van der Waals surface area (Å²) in [6.45, 7) is 4.62. The van der Waals surface area contributed by atoms with Crippen LogP contribution in [0.1, 0.15) is 31.7 Å². The van der Waals surface area contributed by atoms with Gasteiger partial charge in [-0.25, -0.2) is 4.90 Å². The Hall–Kier alpha value is -2.81. The van der Waals surface area contributed by atoms with Crippen molar-refractivity contribution in [2.24, 2.45) is 5.92 Å². The lowest BCUT2D eigenvalue weighted by Crippen LogP contribution is -2.48. The first-order valence-corrected chi connectivity index (χ1v) is 9.36. The van der Waals surface area contributed by atoms with Crippen LogP contribution >= 0.6 is 0 Å². The molecule has 3 rings (SSSR count). The lowest BCUT2D eigenvalue weighted by atomic mass is 9.96. The molecule has 150 valence electrons. The molecule has 2 amide bonds. The monoisotopic (exact) mass is 389 g/mol. The molecule has 9 heteroatoms. The SMILES string of the molecule is CCOC(=O)[C@H]1CCCN([C@@H]2CC(=O)N(c3ccc(C)c([N+](=O)[O-])c3)C2=O)C1. The minimum absolute atomic E-state index is 0.00392. The molecule has 2 heterocycles. The summed E-state index contributed by atoms with van der Waals surface area (Å²) in [5.74, 6) is -1.40. The van der Waals surface area contributed by atoms with Gasteiger partial charge in [0.15, 0.2) is 0 Å². The lowest BCUT2D eigenvalue weighted by molar-refractivity contribution is -0.385. The maximum atomic E-state index is 13.0. The fraction of sp³-hybridized carbons (Fsp3) is 0.526. The number of nitrogens with zero attached hydrogens (tertiary/aromatic N) is 3. The second-order valence-corrected chi connectivity index (χ2v) is 7.10. The molecule has 9 nitrogen and oxygen atoms in total. The molecule has 0 aromatic heterocycles. The molecule has 28 heavy (non-hydrogen) atoms. The van der Waals surface area contributed by atoms with E-state index in [4.69, 9.17) is 4.74 Å². The number of likely N-dealkylation sites (tertiary alicyclic amines) is 1. The Morgan fingerprint density at radius 2 is 2.11 bits per heavy atom. The van der Waals surface area contributed by atoms with E-state index in [1.54, 1.807) is 13.8 Å². The summed E-state index contributed by atoms with van der Waals surface area (Å²) in [5, 5.41) is 11.2. The maximum Gasteiger partial charge on any atom is 0.310 e. The van der Waals surface area contributed by atoms with Gasteiger partial charge in [0.1, 0.15) is 0 Å². The number of hydrogen-bond acceptors (Lipinski definition) is 7. The highest BCUT2D eigenvalue weighted by Gasteiger charge is 2.44. The molecule has 2 atom stereocenters. The molecule has 2 aliphatic heterocycles. The molecule has 1 aromatic carbocycles. The second-order valence-electron chi connectivity index (χ2n) is 7.10. The van der Waals surface area contributed by atoms with E-state index in [1.807, 2.05) is 4.90 Å². The standard InChI is InChI=1S/C19H23N3O6/c1-3-28-19(25)13-5-4-8-20(11-13)16-10-17(23)21(18(16)24)14-7-6-12(2)15(9-14)22(26)27/h6-7,9,13,16H,3-5,8,10-11H2,1-2H3/t13-,16+/m0/s1. The van der Waals surface area contributed by atoms with Crippen molar-refractivity contribution in [1.29, 1.82) is 0 Å². The number of carbonyl (C=O) groups is 3. The molecular formula is C19H23N3O6. The molecule has 0 radical (unpaired) electrons. The Morgan fingerprint density at radius 1 is 1.36 bits per heavy atom. The molecule has 0 aliphatic carbocycles. The van der Waals surface area contributed by atoms with Crippen LogP contribution in [0.15, 0.2) is 18.2 Å². The number of esters is 1. The van der Waals surface area contributed by atoms with Crippen molar-refractivity contribution in [2.75, 3.05) is 24.6 Å². The molecule has 0 spiro atoms. The Bertz CT molecular complexity index is 824. The van der Waals surface area contributed by atoms with Crippen LogP contribution in [0.5, 0.6) is 0 Å². The highest BCUT2D eigenvalue weighted by atomic mass is 16.6. The number of aryl methyl sites for hydroxylation is 1. The van der Waals surface area contributed by atoms with E-state index < -0.39 is 22.8 Å². The van der Waals surface area contributed by atoms with Gasteiger partial charge in [-0.15, -0.1) is 0 Å². The summed E-state index contributed by atoms with van der Waals surface area (Å²) in [7, 11) is 0. The highest BCUT2D eigenvalue weighted by molar-refractivity contribution is 6.22. The van der Waals surface area contributed by atoms with Crippen LogP contribution in [0.4, 0.5) is 11.4 Å². The van der Waals surface area contributed by atoms with E-state index in [9.17, 15) is 24.5 Å². The number of imide groups is 1. The van der Waals surface area contributed by atoms with Crippen LogP contribution in [0.25, 0.3) is 0 Å². The van der Waals surface area contributed by atoms with Gasteiger partial charge in [0, 0.05) is 18.2 Å². The molecular weight excluding hydrogens is 366 g/mol. The average Bonchev–Trinajstić information content (AvgIpc) is 2.97. The van der Waals surface area contributed by atoms with Crippen molar-refractivity contribution >= 4 is 29.2 Å². The van der Waals surface area contributed by atoms with Gasteiger partial charge in [0.25, 0.3) is 11.6 Å². The minimum atomic E-state index is -0.662. The summed E-state index contributed by atoms with van der Waals surface area (Å²) in [6.07, 6.45) is 1.42. The number of nitro benzene ring substituents is 1. The van der Waals surface area contributed by atoms with Crippen molar-refractivity contribution < 1.29 is 24.0 Å². The Morgan fingerprint density at radius 3 is 2.79 bits per heavy atom. The molecule has 0 bridgehead atoms. The zero-order valence-corrected chi connectivity index (χ0v) is 15.9. The normalized spacial score (nSPS) is 23.1. The zero-order chi connectivity index (χ0) is 20.4. The third-order valence-electron chi connectivity index (χ3n) is 5.28. The van der Waals surface area contributed by atoms with E-state index in [0.717, 1.165) is 11.3 Å². The van der Waals surface area contributed by atoms with Gasteiger partial charge in [-0.1, -0.05) is 6.07 Å². The topological polar surface area (TPSA) is 110 Å². The molecule has 2 aliphatic rings. The van der Waals surface area contributed by atoms with E-state index in [0.29, 0.717) is 31.7 Å².